The molecule has 0 aliphatic rings. The van der Waals surface area contributed by atoms with Crippen molar-refractivity contribution in [2.45, 2.75) is 6.54 Å². The Morgan fingerprint density at radius 2 is 2.05 bits per heavy atom. The maximum atomic E-state index is 10.7. The van der Waals surface area contributed by atoms with Gasteiger partial charge in [0, 0.05) is 17.1 Å². The largest absolute Gasteiger partial charge is 0.379 e. The molecule has 0 aliphatic carbocycles. The van der Waals surface area contributed by atoms with E-state index in [0.29, 0.717) is 16.7 Å². The Kier molecular flexibility index (Phi) is 4.46. The number of nitrogens with zero attached hydrogens (tertiary/aromatic N) is 2. The summed E-state index contributed by atoms with van der Waals surface area (Å²) in [4.78, 5) is 14.9. The van der Waals surface area contributed by atoms with Gasteiger partial charge >= 0.3 is 0 Å². The molecule has 0 atom stereocenters. The molecule has 1 heterocycles. The van der Waals surface area contributed by atoms with E-state index in [-0.39, 0.29) is 15.7 Å². The summed E-state index contributed by atoms with van der Waals surface area (Å²) in [5.41, 5.74) is 0.292. The van der Waals surface area contributed by atoms with Crippen molar-refractivity contribution in [3.8, 4) is 0 Å². The predicted octanol–water partition coefficient (Wildman–Crippen LogP) is 4.62. The smallest absolute Gasteiger partial charge is 0.289 e. The number of nitro groups is 1. The van der Waals surface area contributed by atoms with Crippen molar-refractivity contribution >= 4 is 57.5 Å². The quantitative estimate of drug-likeness (QED) is 0.652. The molecule has 1 N–H and O–H groups in total. The van der Waals surface area contributed by atoms with Crippen molar-refractivity contribution in [3.63, 3.8) is 0 Å². The van der Waals surface area contributed by atoms with Gasteiger partial charge in [-0.2, -0.15) is 0 Å². The topological polar surface area (TPSA) is 68.1 Å². The average Bonchev–Trinajstić information content (AvgIpc) is 2.75. The fraction of sp³-hybridized carbons (Fsp3) is 0.100. The number of aromatic nitrogens is 1. The van der Waals surface area contributed by atoms with Crippen LogP contribution in [0.5, 0.6) is 0 Å². The van der Waals surface area contributed by atoms with E-state index >= 15 is 0 Å². The van der Waals surface area contributed by atoms with Gasteiger partial charge in [-0.05, 0) is 6.07 Å². The van der Waals surface area contributed by atoms with E-state index in [1.807, 2.05) is 0 Å². The second-order valence-electron chi connectivity index (χ2n) is 3.47. The standard InChI is InChI=1S/C10H6Cl3N3O2S/c11-6-2-9(16(17)18)7(12)1-8(6)14-3-5-4-15-10(13)19-5/h1-2,4,14H,3H2. The zero-order valence-corrected chi connectivity index (χ0v) is 12.3. The molecule has 0 saturated heterocycles. The molecule has 0 saturated carbocycles. The highest BCUT2D eigenvalue weighted by Crippen LogP contribution is 2.34. The summed E-state index contributed by atoms with van der Waals surface area (Å²) >= 11 is 18.8. The molecular formula is C10H6Cl3N3O2S. The Labute approximate surface area is 127 Å². The first-order chi connectivity index (χ1) is 8.97. The van der Waals surface area contributed by atoms with Crippen molar-refractivity contribution in [2.24, 2.45) is 0 Å². The number of thiazole rings is 1. The van der Waals surface area contributed by atoms with Gasteiger partial charge in [0.15, 0.2) is 4.47 Å². The van der Waals surface area contributed by atoms with Crippen LogP contribution in [0, 0.1) is 10.1 Å². The number of hydrogen-bond donors (Lipinski definition) is 1. The summed E-state index contributed by atoms with van der Waals surface area (Å²) in [6.45, 7) is 0.457. The van der Waals surface area contributed by atoms with Gasteiger partial charge in [-0.25, -0.2) is 4.98 Å². The normalized spacial score (nSPS) is 10.5. The summed E-state index contributed by atoms with van der Waals surface area (Å²) in [5.74, 6) is 0. The second-order valence-corrected chi connectivity index (χ2v) is 5.99. The van der Waals surface area contributed by atoms with E-state index in [0.717, 1.165) is 4.88 Å². The third-order valence-electron chi connectivity index (χ3n) is 2.21. The Morgan fingerprint density at radius 3 is 2.63 bits per heavy atom. The molecule has 5 nitrogen and oxygen atoms in total. The number of nitrogens with one attached hydrogen (secondary N) is 1. The summed E-state index contributed by atoms with van der Waals surface area (Å²) in [7, 11) is 0. The fourth-order valence-electron chi connectivity index (χ4n) is 1.36. The third-order valence-corrected chi connectivity index (χ3v) is 3.94. The molecule has 0 bridgehead atoms. The minimum atomic E-state index is -0.582. The lowest BCUT2D eigenvalue weighted by molar-refractivity contribution is -0.384. The molecule has 1 aromatic carbocycles. The molecule has 2 aromatic rings. The number of hydrogen-bond acceptors (Lipinski definition) is 5. The predicted molar refractivity (Wildman–Crippen MR) is 77.6 cm³/mol. The van der Waals surface area contributed by atoms with Gasteiger partial charge in [-0.1, -0.05) is 34.8 Å². The molecule has 0 aliphatic heterocycles. The minimum Gasteiger partial charge on any atom is -0.379 e. The van der Waals surface area contributed by atoms with E-state index in [4.69, 9.17) is 34.8 Å². The lowest BCUT2D eigenvalue weighted by Crippen LogP contribution is -1.99. The van der Waals surface area contributed by atoms with Crippen molar-refractivity contribution in [3.05, 3.63) is 47.8 Å². The van der Waals surface area contributed by atoms with Crippen LogP contribution < -0.4 is 5.32 Å². The number of rotatable bonds is 4. The lowest BCUT2D eigenvalue weighted by atomic mass is 10.2. The molecule has 1 aromatic heterocycles. The molecule has 9 heteroatoms. The van der Waals surface area contributed by atoms with Crippen molar-refractivity contribution < 1.29 is 4.92 Å². The molecule has 2 rings (SSSR count). The second kappa shape index (κ2) is 5.92. The maximum Gasteiger partial charge on any atom is 0.289 e. The Morgan fingerprint density at radius 1 is 1.32 bits per heavy atom. The number of benzene rings is 1. The van der Waals surface area contributed by atoms with E-state index in [1.54, 1.807) is 6.20 Å². The maximum absolute atomic E-state index is 10.7. The molecule has 0 unspecified atom stereocenters. The van der Waals surface area contributed by atoms with Crippen molar-refractivity contribution in [1.29, 1.82) is 0 Å². The highest BCUT2D eigenvalue weighted by atomic mass is 35.5. The van der Waals surface area contributed by atoms with Crippen LogP contribution in [0.2, 0.25) is 14.5 Å². The highest BCUT2D eigenvalue weighted by molar-refractivity contribution is 7.15. The zero-order chi connectivity index (χ0) is 14.0. The summed E-state index contributed by atoms with van der Waals surface area (Å²) in [6, 6.07) is 2.64. The van der Waals surface area contributed by atoms with Crippen LogP contribution in [0.15, 0.2) is 18.3 Å². The first-order valence-corrected chi connectivity index (χ1v) is 6.90. The average molecular weight is 339 g/mol. The van der Waals surface area contributed by atoms with Gasteiger partial charge in [0.25, 0.3) is 5.69 Å². The van der Waals surface area contributed by atoms with Gasteiger partial charge in [0.2, 0.25) is 0 Å². The monoisotopic (exact) mass is 337 g/mol. The molecule has 19 heavy (non-hydrogen) atoms. The Hall–Kier alpha value is -1.08. The summed E-state index contributed by atoms with van der Waals surface area (Å²) in [5, 5.41) is 14.0. The van der Waals surface area contributed by atoms with Crippen LogP contribution in [0.3, 0.4) is 0 Å². The number of halogens is 3. The van der Waals surface area contributed by atoms with Crippen molar-refractivity contribution in [1.82, 2.24) is 4.98 Å². The SMILES string of the molecule is O=[N+]([O-])c1cc(Cl)c(NCc2cnc(Cl)s2)cc1Cl. The van der Waals surface area contributed by atoms with Crippen LogP contribution in [0.1, 0.15) is 4.88 Å². The Balaban J connectivity index is 2.17. The first-order valence-electron chi connectivity index (χ1n) is 4.95. The van der Waals surface area contributed by atoms with E-state index in [2.05, 4.69) is 10.3 Å². The van der Waals surface area contributed by atoms with Crippen LogP contribution in [0.25, 0.3) is 0 Å². The number of nitro benzene ring substituents is 1. The molecule has 0 amide bonds. The molecule has 0 spiro atoms. The summed E-state index contributed by atoms with van der Waals surface area (Å²) < 4.78 is 0.449. The minimum absolute atomic E-state index is 0.0271. The van der Waals surface area contributed by atoms with Crippen LogP contribution in [-0.2, 0) is 6.54 Å². The van der Waals surface area contributed by atoms with Gasteiger partial charge < -0.3 is 5.32 Å². The molecule has 0 radical (unpaired) electrons. The lowest BCUT2D eigenvalue weighted by Gasteiger charge is -2.07. The van der Waals surface area contributed by atoms with E-state index in [1.165, 1.54) is 23.5 Å². The van der Waals surface area contributed by atoms with E-state index < -0.39 is 4.92 Å². The van der Waals surface area contributed by atoms with Gasteiger partial charge in [0.05, 0.1) is 22.2 Å². The van der Waals surface area contributed by atoms with Crippen LogP contribution >= 0.6 is 46.1 Å². The molecular weight excluding hydrogens is 333 g/mol. The number of anilines is 1. The van der Waals surface area contributed by atoms with Crippen LogP contribution in [0.4, 0.5) is 11.4 Å². The fourth-order valence-corrected chi connectivity index (χ4v) is 2.73. The van der Waals surface area contributed by atoms with Crippen LogP contribution in [-0.4, -0.2) is 9.91 Å². The Bertz CT molecular complexity index is 632. The highest BCUT2D eigenvalue weighted by Gasteiger charge is 2.16. The third kappa shape index (κ3) is 3.48. The van der Waals surface area contributed by atoms with Gasteiger partial charge in [-0.15, -0.1) is 11.3 Å². The van der Waals surface area contributed by atoms with Crippen molar-refractivity contribution in [2.75, 3.05) is 5.32 Å². The van der Waals surface area contributed by atoms with E-state index in [9.17, 15) is 10.1 Å². The molecule has 100 valence electrons. The van der Waals surface area contributed by atoms with Gasteiger partial charge in [-0.3, -0.25) is 10.1 Å². The molecule has 0 fully saturated rings. The van der Waals surface area contributed by atoms with Gasteiger partial charge in [0.1, 0.15) is 5.02 Å². The zero-order valence-electron chi connectivity index (χ0n) is 9.19. The summed E-state index contributed by atoms with van der Waals surface area (Å²) in [6.07, 6.45) is 1.64. The first kappa shape index (κ1) is 14.3.